The summed E-state index contributed by atoms with van der Waals surface area (Å²) in [5.41, 5.74) is 0.937. The molecule has 2 heterocycles. The van der Waals surface area contributed by atoms with Crippen LogP contribution in [0, 0.1) is 5.82 Å². The highest BCUT2D eigenvalue weighted by Gasteiger charge is 2.15. The quantitative estimate of drug-likeness (QED) is 0.864. The number of rotatable bonds is 3. The lowest BCUT2D eigenvalue weighted by Gasteiger charge is -2.08. The third-order valence-electron chi connectivity index (χ3n) is 2.50. The Bertz CT molecular complexity index is 536. The largest absolute Gasteiger partial charge is 0.481 e. The van der Waals surface area contributed by atoms with Crippen LogP contribution in [0.3, 0.4) is 0 Å². The Morgan fingerprint density at radius 2 is 2.44 bits per heavy atom. The maximum Gasteiger partial charge on any atom is 0.304 e. The van der Waals surface area contributed by atoms with Crippen molar-refractivity contribution in [2.75, 3.05) is 0 Å². The van der Waals surface area contributed by atoms with Crippen LogP contribution < -0.4 is 0 Å². The van der Waals surface area contributed by atoms with Crippen molar-refractivity contribution in [3.63, 3.8) is 0 Å². The molecule has 1 atom stereocenters. The molecule has 0 amide bonds. The van der Waals surface area contributed by atoms with Crippen LogP contribution in [0.2, 0.25) is 0 Å². The molecular formula is C11H11FN2O2. The number of aromatic nitrogens is 2. The molecule has 16 heavy (non-hydrogen) atoms. The summed E-state index contributed by atoms with van der Waals surface area (Å²) in [4.78, 5) is 14.5. The summed E-state index contributed by atoms with van der Waals surface area (Å²) < 4.78 is 14.9. The lowest BCUT2D eigenvalue weighted by molar-refractivity contribution is -0.137. The summed E-state index contributed by atoms with van der Waals surface area (Å²) in [5, 5.41) is 8.71. The van der Waals surface area contributed by atoms with Gasteiger partial charge in [-0.2, -0.15) is 0 Å². The molecule has 2 rings (SSSR count). The van der Waals surface area contributed by atoms with Crippen molar-refractivity contribution < 1.29 is 14.3 Å². The van der Waals surface area contributed by atoms with E-state index in [2.05, 4.69) is 4.98 Å². The van der Waals surface area contributed by atoms with Gasteiger partial charge >= 0.3 is 5.97 Å². The molecule has 4 nitrogen and oxygen atoms in total. The summed E-state index contributed by atoms with van der Waals surface area (Å²) in [6.45, 7) is 1.78. The van der Waals surface area contributed by atoms with Crippen LogP contribution in [0.4, 0.5) is 4.39 Å². The van der Waals surface area contributed by atoms with Crippen molar-refractivity contribution in [1.29, 1.82) is 0 Å². The number of carbonyl (C=O) groups is 1. The molecule has 0 spiro atoms. The van der Waals surface area contributed by atoms with E-state index in [-0.39, 0.29) is 18.0 Å². The monoisotopic (exact) mass is 222 g/mol. The molecule has 2 aromatic rings. The molecule has 0 aliphatic heterocycles. The Balaban J connectivity index is 2.46. The van der Waals surface area contributed by atoms with Crippen LogP contribution >= 0.6 is 0 Å². The Morgan fingerprint density at radius 3 is 3.12 bits per heavy atom. The van der Waals surface area contributed by atoms with E-state index >= 15 is 0 Å². The van der Waals surface area contributed by atoms with Gasteiger partial charge in [-0.25, -0.2) is 9.37 Å². The van der Waals surface area contributed by atoms with Gasteiger partial charge in [0.2, 0.25) is 0 Å². The maximum atomic E-state index is 13.3. The number of hydrogen-bond donors (Lipinski definition) is 1. The lowest BCUT2D eigenvalue weighted by atomic mass is 10.1. The summed E-state index contributed by atoms with van der Waals surface area (Å²) >= 11 is 0. The first-order chi connectivity index (χ1) is 7.59. The SMILES string of the molecule is CC(CC(=O)O)c1cnc2c(F)cccn12. The van der Waals surface area contributed by atoms with Crippen LogP contribution in [-0.4, -0.2) is 20.5 Å². The molecule has 84 valence electrons. The van der Waals surface area contributed by atoms with Crippen molar-refractivity contribution in [3.8, 4) is 0 Å². The third kappa shape index (κ3) is 1.76. The van der Waals surface area contributed by atoms with Crippen LogP contribution in [-0.2, 0) is 4.79 Å². The van der Waals surface area contributed by atoms with Crippen LogP contribution in [0.5, 0.6) is 0 Å². The van der Waals surface area contributed by atoms with Crippen molar-refractivity contribution >= 4 is 11.6 Å². The van der Waals surface area contributed by atoms with Gasteiger partial charge in [-0.15, -0.1) is 0 Å². The fourth-order valence-electron chi connectivity index (χ4n) is 1.73. The first-order valence-corrected chi connectivity index (χ1v) is 4.93. The zero-order chi connectivity index (χ0) is 11.7. The second-order valence-corrected chi connectivity index (χ2v) is 3.73. The molecule has 0 bridgehead atoms. The van der Waals surface area contributed by atoms with Crippen molar-refractivity contribution in [2.24, 2.45) is 0 Å². The van der Waals surface area contributed by atoms with Crippen LogP contribution in [0.15, 0.2) is 24.5 Å². The highest BCUT2D eigenvalue weighted by atomic mass is 19.1. The normalized spacial score (nSPS) is 12.9. The minimum atomic E-state index is -0.876. The molecule has 0 fully saturated rings. The summed E-state index contributed by atoms with van der Waals surface area (Å²) in [7, 11) is 0. The average Bonchev–Trinajstić information content (AvgIpc) is 2.61. The Kier molecular flexibility index (Phi) is 2.60. The molecular weight excluding hydrogens is 211 g/mol. The number of carboxylic acid groups (broad SMARTS) is 1. The first kappa shape index (κ1) is 10.6. The molecule has 0 aliphatic rings. The topological polar surface area (TPSA) is 54.6 Å². The van der Waals surface area contributed by atoms with Gasteiger partial charge in [0.05, 0.1) is 6.42 Å². The molecule has 5 heteroatoms. The van der Waals surface area contributed by atoms with Gasteiger partial charge in [-0.05, 0) is 12.1 Å². The standard InChI is InChI=1S/C11H11FN2O2/c1-7(5-10(15)16)9-6-13-11-8(12)3-2-4-14(9)11/h2-4,6-7H,5H2,1H3,(H,15,16). The molecule has 0 radical (unpaired) electrons. The van der Waals surface area contributed by atoms with Crippen molar-refractivity contribution in [1.82, 2.24) is 9.38 Å². The van der Waals surface area contributed by atoms with Gasteiger partial charge in [-0.1, -0.05) is 6.92 Å². The number of hydrogen-bond acceptors (Lipinski definition) is 2. The number of imidazole rings is 1. The molecule has 2 aromatic heterocycles. The summed E-state index contributed by atoms with van der Waals surface area (Å²) in [6.07, 6.45) is 3.20. The Labute approximate surface area is 91.4 Å². The summed E-state index contributed by atoms with van der Waals surface area (Å²) in [5.74, 6) is -1.48. The lowest BCUT2D eigenvalue weighted by Crippen LogP contribution is -2.05. The molecule has 1 unspecified atom stereocenters. The van der Waals surface area contributed by atoms with Crippen LogP contribution in [0.1, 0.15) is 25.0 Å². The molecule has 0 aromatic carbocycles. The van der Waals surface area contributed by atoms with Crippen LogP contribution in [0.25, 0.3) is 5.65 Å². The van der Waals surface area contributed by atoms with E-state index in [9.17, 15) is 9.18 Å². The fourth-order valence-corrected chi connectivity index (χ4v) is 1.73. The number of carboxylic acids is 1. The van der Waals surface area contributed by atoms with Crippen molar-refractivity contribution in [2.45, 2.75) is 19.3 Å². The highest BCUT2D eigenvalue weighted by molar-refractivity contribution is 5.67. The predicted molar refractivity (Wildman–Crippen MR) is 55.8 cm³/mol. The Hall–Kier alpha value is -1.91. The molecule has 0 aliphatic carbocycles. The molecule has 1 N–H and O–H groups in total. The number of nitrogens with zero attached hydrogens (tertiary/aromatic N) is 2. The minimum absolute atomic E-state index is 0.00427. The Morgan fingerprint density at radius 1 is 1.69 bits per heavy atom. The van der Waals surface area contributed by atoms with E-state index in [0.29, 0.717) is 5.69 Å². The zero-order valence-electron chi connectivity index (χ0n) is 8.72. The first-order valence-electron chi connectivity index (χ1n) is 4.93. The predicted octanol–water partition coefficient (Wildman–Crippen LogP) is 2.05. The van der Waals surface area contributed by atoms with E-state index in [1.165, 1.54) is 12.3 Å². The number of halogens is 1. The van der Waals surface area contributed by atoms with E-state index in [0.717, 1.165) is 0 Å². The van der Waals surface area contributed by atoms with Gasteiger partial charge < -0.3 is 9.51 Å². The van der Waals surface area contributed by atoms with E-state index in [4.69, 9.17) is 5.11 Å². The second kappa shape index (κ2) is 3.92. The zero-order valence-corrected chi connectivity index (χ0v) is 8.72. The van der Waals surface area contributed by atoms with Gasteiger partial charge in [0, 0.05) is 24.0 Å². The van der Waals surface area contributed by atoms with E-state index in [1.54, 1.807) is 23.6 Å². The second-order valence-electron chi connectivity index (χ2n) is 3.73. The number of fused-ring (bicyclic) bond motifs is 1. The number of aliphatic carboxylic acids is 1. The fraction of sp³-hybridized carbons (Fsp3) is 0.273. The smallest absolute Gasteiger partial charge is 0.304 e. The van der Waals surface area contributed by atoms with Crippen molar-refractivity contribution in [3.05, 3.63) is 36.0 Å². The average molecular weight is 222 g/mol. The summed E-state index contributed by atoms with van der Waals surface area (Å²) in [6, 6.07) is 2.90. The number of pyridine rings is 1. The maximum absolute atomic E-state index is 13.3. The van der Waals surface area contributed by atoms with Gasteiger partial charge in [-0.3, -0.25) is 4.79 Å². The minimum Gasteiger partial charge on any atom is -0.481 e. The molecule has 0 saturated carbocycles. The van der Waals surface area contributed by atoms with Gasteiger partial charge in [0.1, 0.15) is 0 Å². The highest BCUT2D eigenvalue weighted by Crippen LogP contribution is 2.21. The van der Waals surface area contributed by atoms with E-state index < -0.39 is 11.8 Å². The van der Waals surface area contributed by atoms with Gasteiger partial charge in [0.15, 0.2) is 11.5 Å². The molecule has 0 saturated heterocycles. The third-order valence-corrected chi connectivity index (χ3v) is 2.50. The van der Waals surface area contributed by atoms with E-state index in [1.807, 2.05) is 0 Å². The van der Waals surface area contributed by atoms with Gasteiger partial charge in [0.25, 0.3) is 0 Å².